The number of rotatable bonds is 5. The molecule has 2 aromatic carbocycles. The minimum Gasteiger partial charge on any atom is -0.504 e. The summed E-state index contributed by atoms with van der Waals surface area (Å²) in [5.41, 5.74) is 3.01. The highest BCUT2D eigenvalue weighted by Crippen LogP contribution is 2.26. The van der Waals surface area contributed by atoms with Gasteiger partial charge >= 0.3 is 11.8 Å². The Bertz CT molecular complexity index is 808. The molecule has 0 saturated heterocycles. The second kappa shape index (κ2) is 8.70. The third kappa shape index (κ3) is 5.22. The van der Waals surface area contributed by atoms with Crippen molar-refractivity contribution >= 4 is 35.3 Å². The Balaban J connectivity index is 1.95. The van der Waals surface area contributed by atoms with E-state index in [0.717, 1.165) is 0 Å². The first-order chi connectivity index (χ1) is 12.0. The highest BCUT2D eigenvalue weighted by molar-refractivity contribution is 6.41. The van der Waals surface area contributed by atoms with E-state index >= 15 is 0 Å². The van der Waals surface area contributed by atoms with Crippen molar-refractivity contribution in [3.8, 4) is 11.5 Å². The molecule has 0 spiro atoms. The average Bonchev–Trinajstić information content (AvgIpc) is 2.59. The molecule has 130 valence electrons. The van der Waals surface area contributed by atoms with Crippen LogP contribution in [0.2, 0.25) is 5.02 Å². The van der Waals surface area contributed by atoms with Crippen molar-refractivity contribution < 1.29 is 19.4 Å². The van der Waals surface area contributed by atoms with Gasteiger partial charge in [0.15, 0.2) is 11.5 Å². The summed E-state index contributed by atoms with van der Waals surface area (Å²) in [6.45, 7) is 2.19. The number of benzene rings is 2. The van der Waals surface area contributed by atoms with Crippen LogP contribution in [-0.4, -0.2) is 29.7 Å². The van der Waals surface area contributed by atoms with Crippen molar-refractivity contribution in [2.75, 3.05) is 11.9 Å². The molecule has 0 aliphatic heterocycles. The molecule has 7 nitrogen and oxygen atoms in total. The predicted octanol–water partition coefficient (Wildman–Crippen LogP) is 2.53. The standard InChI is InChI=1S/C17H16ClN3O4/c1-2-25-15-9-11(7-8-14(15)22)10-19-21-17(24)16(23)20-13-6-4-3-5-12(13)18/h3-10,22H,2H2,1H3,(H,20,23)(H,21,24)/b19-10-. The maximum Gasteiger partial charge on any atom is 0.329 e. The van der Waals surface area contributed by atoms with Crippen molar-refractivity contribution in [3.05, 3.63) is 53.1 Å². The fourth-order valence-electron chi connectivity index (χ4n) is 1.84. The van der Waals surface area contributed by atoms with E-state index in [1.165, 1.54) is 12.3 Å². The molecule has 2 rings (SSSR count). The summed E-state index contributed by atoms with van der Waals surface area (Å²) in [7, 11) is 0. The Morgan fingerprint density at radius 1 is 1.24 bits per heavy atom. The molecule has 0 fully saturated rings. The third-order valence-electron chi connectivity index (χ3n) is 2.99. The molecule has 0 aromatic heterocycles. The molecule has 0 aliphatic carbocycles. The van der Waals surface area contributed by atoms with Crippen LogP contribution in [-0.2, 0) is 9.59 Å². The monoisotopic (exact) mass is 361 g/mol. The van der Waals surface area contributed by atoms with Crippen LogP contribution in [0.5, 0.6) is 11.5 Å². The Morgan fingerprint density at radius 2 is 2.00 bits per heavy atom. The van der Waals surface area contributed by atoms with Gasteiger partial charge in [0.25, 0.3) is 0 Å². The second-order valence-electron chi connectivity index (χ2n) is 4.79. The van der Waals surface area contributed by atoms with Crippen LogP contribution in [0.25, 0.3) is 0 Å². The average molecular weight is 362 g/mol. The van der Waals surface area contributed by atoms with E-state index in [1.807, 2.05) is 0 Å². The van der Waals surface area contributed by atoms with Gasteiger partial charge in [-0.25, -0.2) is 5.43 Å². The Kier molecular flexibility index (Phi) is 6.36. The molecule has 3 N–H and O–H groups in total. The Labute approximate surface area is 149 Å². The van der Waals surface area contributed by atoms with Crippen LogP contribution in [0.1, 0.15) is 12.5 Å². The minimum atomic E-state index is -0.944. The molecule has 0 aliphatic rings. The van der Waals surface area contributed by atoms with E-state index in [0.29, 0.717) is 28.6 Å². The van der Waals surface area contributed by atoms with Gasteiger partial charge in [-0.1, -0.05) is 23.7 Å². The molecule has 0 heterocycles. The van der Waals surface area contributed by atoms with Crippen LogP contribution in [0.3, 0.4) is 0 Å². The van der Waals surface area contributed by atoms with Gasteiger partial charge in [-0.05, 0) is 42.8 Å². The summed E-state index contributed by atoms with van der Waals surface area (Å²) in [5, 5.41) is 16.0. The van der Waals surface area contributed by atoms with Gasteiger partial charge in [0.05, 0.1) is 23.5 Å². The number of halogens is 1. The van der Waals surface area contributed by atoms with Gasteiger partial charge < -0.3 is 15.2 Å². The van der Waals surface area contributed by atoms with Crippen molar-refractivity contribution in [3.63, 3.8) is 0 Å². The molecular weight excluding hydrogens is 346 g/mol. The summed E-state index contributed by atoms with van der Waals surface area (Å²) in [4.78, 5) is 23.5. The molecule has 2 aromatic rings. The number of ether oxygens (including phenoxy) is 1. The summed E-state index contributed by atoms with van der Waals surface area (Å²) in [5.74, 6) is -1.54. The number of carbonyl (C=O) groups excluding carboxylic acids is 2. The number of para-hydroxylation sites is 1. The maximum absolute atomic E-state index is 11.8. The SMILES string of the molecule is CCOc1cc(/C=N\NC(=O)C(=O)Nc2ccccc2Cl)ccc1O. The third-order valence-corrected chi connectivity index (χ3v) is 3.32. The van der Waals surface area contributed by atoms with Crippen LogP contribution in [0, 0.1) is 0 Å². The Hall–Kier alpha value is -3.06. The van der Waals surface area contributed by atoms with E-state index in [-0.39, 0.29) is 5.75 Å². The fourth-order valence-corrected chi connectivity index (χ4v) is 2.02. The lowest BCUT2D eigenvalue weighted by Gasteiger charge is -2.06. The zero-order valence-corrected chi connectivity index (χ0v) is 14.1. The maximum atomic E-state index is 11.8. The number of hydrogen-bond acceptors (Lipinski definition) is 5. The summed E-state index contributed by atoms with van der Waals surface area (Å²) in [6, 6.07) is 11.1. The number of carbonyl (C=O) groups is 2. The molecule has 0 unspecified atom stereocenters. The Morgan fingerprint density at radius 3 is 2.72 bits per heavy atom. The molecule has 2 amide bonds. The first-order valence-electron chi connectivity index (χ1n) is 7.36. The number of nitrogens with one attached hydrogen (secondary N) is 2. The summed E-state index contributed by atoms with van der Waals surface area (Å²) < 4.78 is 5.24. The van der Waals surface area contributed by atoms with Crippen molar-refractivity contribution in [1.29, 1.82) is 0 Å². The van der Waals surface area contributed by atoms with Gasteiger partial charge in [0.1, 0.15) is 0 Å². The fraction of sp³-hybridized carbons (Fsp3) is 0.118. The van der Waals surface area contributed by atoms with Crippen LogP contribution in [0.4, 0.5) is 5.69 Å². The summed E-state index contributed by atoms with van der Waals surface area (Å²) >= 11 is 5.90. The van der Waals surface area contributed by atoms with Gasteiger partial charge in [-0.2, -0.15) is 5.10 Å². The predicted molar refractivity (Wildman–Crippen MR) is 95.1 cm³/mol. The van der Waals surface area contributed by atoms with Gasteiger partial charge in [0.2, 0.25) is 0 Å². The van der Waals surface area contributed by atoms with Crippen LogP contribution >= 0.6 is 11.6 Å². The van der Waals surface area contributed by atoms with Crippen molar-refractivity contribution in [2.45, 2.75) is 6.92 Å². The minimum absolute atomic E-state index is 0.00199. The normalized spacial score (nSPS) is 10.5. The van der Waals surface area contributed by atoms with Gasteiger partial charge in [-0.3, -0.25) is 9.59 Å². The second-order valence-corrected chi connectivity index (χ2v) is 5.20. The van der Waals surface area contributed by atoms with Gasteiger partial charge in [-0.15, -0.1) is 0 Å². The number of phenolic OH excluding ortho intramolecular Hbond substituents is 1. The first-order valence-corrected chi connectivity index (χ1v) is 7.73. The number of phenols is 1. The van der Waals surface area contributed by atoms with E-state index in [1.54, 1.807) is 43.3 Å². The molecule has 8 heteroatoms. The lowest BCUT2D eigenvalue weighted by Crippen LogP contribution is -2.32. The van der Waals surface area contributed by atoms with E-state index in [4.69, 9.17) is 16.3 Å². The van der Waals surface area contributed by atoms with E-state index < -0.39 is 11.8 Å². The molecule has 0 saturated carbocycles. The smallest absolute Gasteiger partial charge is 0.329 e. The molecular formula is C17H16ClN3O4. The van der Waals surface area contributed by atoms with Gasteiger partial charge in [0, 0.05) is 0 Å². The summed E-state index contributed by atoms with van der Waals surface area (Å²) in [6.07, 6.45) is 1.32. The quantitative estimate of drug-likeness (QED) is 0.433. The lowest BCUT2D eigenvalue weighted by atomic mass is 10.2. The molecule has 0 bridgehead atoms. The zero-order chi connectivity index (χ0) is 18.2. The largest absolute Gasteiger partial charge is 0.504 e. The number of amides is 2. The van der Waals surface area contributed by atoms with Crippen molar-refractivity contribution in [2.24, 2.45) is 5.10 Å². The number of hydrogen-bond donors (Lipinski definition) is 3. The topological polar surface area (TPSA) is 100 Å². The van der Waals surface area contributed by atoms with Crippen LogP contribution in [0.15, 0.2) is 47.6 Å². The number of nitrogens with zero attached hydrogens (tertiary/aromatic N) is 1. The lowest BCUT2D eigenvalue weighted by molar-refractivity contribution is -0.136. The van der Waals surface area contributed by atoms with Crippen molar-refractivity contribution in [1.82, 2.24) is 5.43 Å². The number of aromatic hydroxyl groups is 1. The highest BCUT2D eigenvalue weighted by Gasteiger charge is 2.14. The zero-order valence-electron chi connectivity index (χ0n) is 13.3. The highest BCUT2D eigenvalue weighted by atomic mass is 35.5. The number of anilines is 1. The first kappa shape index (κ1) is 18.3. The van der Waals surface area contributed by atoms with Crippen LogP contribution < -0.4 is 15.5 Å². The molecule has 0 radical (unpaired) electrons. The molecule has 25 heavy (non-hydrogen) atoms. The number of hydrazone groups is 1. The van der Waals surface area contributed by atoms with E-state index in [2.05, 4.69) is 15.8 Å². The molecule has 0 atom stereocenters. The van der Waals surface area contributed by atoms with E-state index in [9.17, 15) is 14.7 Å².